The first kappa shape index (κ1) is 80.4. The second-order valence-electron chi connectivity index (χ2n) is 37.6. The molecule has 31 aromatic rings. The van der Waals surface area contributed by atoms with Gasteiger partial charge in [-0.1, -0.05) is 400 Å². The van der Waals surface area contributed by atoms with Crippen molar-refractivity contribution in [2.45, 2.75) is 0 Å². The highest BCUT2D eigenvalue weighted by Crippen LogP contribution is 2.50. The molecule has 6 aromatic heterocycles. The molecule has 0 aliphatic heterocycles. The standard InChI is InChI=1S/C52H32N2.C44H28N2.C40H26N2/c1-5-17-39-35(13-1)29-36-14-2-6-18-40(36)51(39)53-47-23-11-9-21-43(47)45-27-25-33(31-49(45)53)34-26-28-46-44-22-10-12-24-48(44)54(50(46)32-34)52-41-19-7-3-15-37(41)30-38-16-4-8-20-42(38)52;1-2-14-33(15-3-1)45-40-20-10-8-18-36(40)38-24-22-29(27-42(38)45)30-23-25-39-37-19-9-11-21-41(37)46(43(39)28-30)44-34-16-6-4-12-31(34)26-32-13-5-7-17-35(32)44;1-2-15-28(16-3-1)41-35-22-8-6-18-32(35)39-30(20-11-25-37(39)41)31-21-12-26-38-40(31)33-19-7-9-23-36(33)42(38)34-24-10-14-27-13-4-5-17-29(27)34/h1-32H;1-28H;1-26H. The van der Waals surface area contributed by atoms with Crippen LogP contribution in [0.3, 0.4) is 0 Å². The first-order chi connectivity index (χ1) is 70.5. The smallest absolute Gasteiger partial charge is 0.0618 e. The van der Waals surface area contributed by atoms with Crippen LogP contribution in [0, 0.1) is 0 Å². The van der Waals surface area contributed by atoms with Gasteiger partial charge in [-0.25, -0.2) is 0 Å². The lowest BCUT2D eigenvalue weighted by molar-refractivity contribution is 1.18. The lowest BCUT2D eigenvalue weighted by Crippen LogP contribution is -1.98. The van der Waals surface area contributed by atoms with Crippen molar-refractivity contribution < 1.29 is 0 Å². The Morgan fingerprint density at radius 1 is 0.113 bits per heavy atom. The molecule has 142 heavy (non-hydrogen) atoms. The minimum atomic E-state index is 1.17. The van der Waals surface area contributed by atoms with Gasteiger partial charge in [0.05, 0.1) is 88.9 Å². The molecule has 31 rings (SSSR count). The number of aromatic nitrogens is 6. The van der Waals surface area contributed by atoms with Crippen LogP contribution in [0.4, 0.5) is 0 Å². The summed E-state index contributed by atoms with van der Waals surface area (Å²) in [5.41, 5.74) is 29.1. The van der Waals surface area contributed by atoms with E-state index in [0.717, 1.165) is 0 Å². The molecule has 6 nitrogen and oxygen atoms in total. The molecule has 0 radical (unpaired) electrons. The van der Waals surface area contributed by atoms with Gasteiger partial charge in [0.2, 0.25) is 0 Å². The van der Waals surface area contributed by atoms with Crippen LogP contribution >= 0.6 is 0 Å². The summed E-state index contributed by atoms with van der Waals surface area (Å²) in [7, 11) is 0. The van der Waals surface area contributed by atoms with Crippen LogP contribution in [0.1, 0.15) is 0 Å². The maximum Gasteiger partial charge on any atom is 0.0618 e. The predicted octanol–water partition coefficient (Wildman–Crippen LogP) is 36.7. The highest BCUT2D eigenvalue weighted by atomic mass is 15.0. The van der Waals surface area contributed by atoms with Gasteiger partial charge in [0.1, 0.15) is 0 Å². The third kappa shape index (κ3) is 12.5. The van der Waals surface area contributed by atoms with Crippen molar-refractivity contribution in [1.82, 2.24) is 27.4 Å². The molecular formula is C136H86N6. The summed E-state index contributed by atoms with van der Waals surface area (Å²) < 4.78 is 14.8. The van der Waals surface area contributed by atoms with Crippen molar-refractivity contribution in [3.05, 3.63) is 522 Å². The Hall–Kier alpha value is -18.9. The Labute approximate surface area is 817 Å². The van der Waals surface area contributed by atoms with E-state index < -0.39 is 0 Å². The largest absolute Gasteiger partial charge is 0.309 e. The van der Waals surface area contributed by atoms with E-state index in [1.165, 1.54) is 274 Å². The first-order valence-electron chi connectivity index (χ1n) is 49.0. The van der Waals surface area contributed by atoms with Gasteiger partial charge in [0, 0.05) is 114 Å². The van der Waals surface area contributed by atoms with E-state index in [2.05, 4.69) is 549 Å². The summed E-state index contributed by atoms with van der Waals surface area (Å²) in [4.78, 5) is 0. The van der Waals surface area contributed by atoms with Crippen molar-refractivity contribution in [1.29, 1.82) is 0 Å². The molecule has 0 amide bonds. The van der Waals surface area contributed by atoms with Gasteiger partial charge in [-0.05, 0) is 192 Å². The summed E-state index contributed by atoms with van der Waals surface area (Å²) in [5, 5.41) is 32.6. The van der Waals surface area contributed by atoms with Crippen molar-refractivity contribution >= 4 is 206 Å². The second kappa shape index (κ2) is 32.4. The van der Waals surface area contributed by atoms with Gasteiger partial charge in [-0.15, -0.1) is 0 Å². The summed E-state index contributed by atoms with van der Waals surface area (Å²) in [6, 6.07) is 191. The van der Waals surface area contributed by atoms with Gasteiger partial charge in [-0.3, -0.25) is 0 Å². The molecule has 0 aliphatic rings. The van der Waals surface area contributed by atoms with Crippen LogP contribution in [0.25, 0.3) is 274 Å². The van der Waals surface area contributed by atoms with Crippen LogP contribution in [-0.2, 0) is 0 Å². The van der Waals surface area contributed by atoms with E-state index in [0.29, 0.717) is 0 Å². The summed E-state index contributed by atoms with van der Waals surface area (Å²) in [6.07, 6.45) is 0. The fraction of sp³-hybridized carbons (Fsp3) is 0. The zero-order chi connectivity index (χ0) is 93.1. The maximum absolute atomic E-state index is 2.51. The van der Waals surface area contributed by atoms with Gasteiger partial charge in [0.15, 0.2) is 0 Å². The summed E-state index contributed by atoms with van der Waals surface area (Å²) in [5.74, 6) is 0. The number of hydrogen-bond acceptors (Lipinski definition) is 0. The van der Waals surface area contributed by atoms with Crippen LogP contribution in [0.2, 0.25) is 0 Å². The minimum Gasteiger partial charge on any atom is -0.309 e. The van der Waals surface area contributed by atoms with E-state index in [4.69, 9.17) is 0 Å². The van der Waals surface area contributed by atoms with Crippen LogP contribution in [0.5, 0.6) is 0 Å². The van der Waals surface area contributed by atoms with Crippen LogP contribution < -0.4 is 0 Å². The van der Waals surface area contributed by atoms with Crippen molar-refractivity contribution in [3.8, 4) is 67.5 Å². The number of fused-ring (bicyclic) bond motifs is 25. The molecule has 6 heterocycles. The van der Waals surface area contributed by atoms with E-state index in [1.54, 1.807) is 0 Å². The Morgan fingerprint density at radius 2 is 0.331 bits per heavy atom. The van der Waals surface area contributed by atoms with Crippen molar-refractivity contribution in [2.75, 3.05) is 0 Å². The molecule has 0 spiro atoms. The molecule has 0 saturated heterocycles. The van der Waals surface area contributed by atoms with Crippen molar-refractivity contribution in [3.63, 3.8) is 0 Å². The zero-order valence-electron chi connectivity index (χ0n) is 77.3. The molecule has 0 atom stereocenters. The third-order valence-electron chi connectivity index (χ3n) is 30.0. The number of benzene rings is 25. The van der Waals surface area contributed by atoms with Gasteiger partial charge in [-0.2, -0.15) is 0 Å². The summed E-state index contributed by atoms with van der Waals surface area (Å²) in [6.45, 7) is 0. The van der Waals surface area contributed by atoms with Crippen LogP contribution in [-0.4, -0.2) is 27.4 Å². The van der Waals surface area contributed by atoms with Gasteiger partial charge >= 0.3 is 0 Å². The monoisotopic (exact) mass is 1800 g/mol. The fourth-order valence-electron chi connectivity index (χ4n) is 23.9. The minimum absolute atomic E-state index is 1.17. The molecule has 660 valence electrons. The normalized spacial score (nSPS) is 11.9. The Balaban J connectivity index is 0.000000103. The molecule has 0 bridgehead atoms. The number of rotatable bonds is 9. The third-order valence-corrected chi connectivity index (χ3v) is 30.0. The topological polar surface area (TPSA) is 29.6 Å². The number of nitrogens with zero attached hydrogens (tertiary/aromatic N) is 6. The second-order valence-corrected chi connectivity index (χ2v) is 37.6. The zero-order valence-corrected chi connectivity index (χ0v) is 77.3. The van der Waals surface area contributed by atoms with E-state index in [9.17, 15) is 0 Å². The van der Waals surface area contributed by atoms with Crippen molar-refractivity contribution in [2.24, 2.45) is 0 Å². The average molecular weight is 1800 g/mol. The highest BCUT2D eigenvalue weighted by Gasteiger charge is 2.27. The molecule has 0 fully saturated rings. The molecule has 0 N–H and O–H groups in total. The lowest BCUT2D eigenvalue weighted by Gasteiger charge is -2.16. The molecule has 25 aromatic carbocycles. The van der Waals surface area contributed by atoms with E-state index >= 15 is 0 Å². The maximum atomic E-state index is 2.51. The molecule has 0 unspecified atom stereocenters. The molecule has 0 aliphatic carbocycles. The summed E-state index contributed by atoms with van der Waals surface area (Å²) >= 11 is 0. The van der Waals surface area contributed by atoms with E-state index in [-0.39, 0.29) is 0 Å². The fourth-order valence-corrected chi connectivity index (χ4v) is 23.9. The lowest BCUT2D eigenvalue weighted by atomic mass is 9.95. The molecule has 0 saturated carbocycles. The molecular weight excluding hydrogens is 1720 g/mol. The first-order valence-corrected chi connectivity index (χ1v) is 49.0. The Kier molecular flexibility index (Phi) is 18.3. The number of hydrogen-bond donors (Lipinski definition) is 0. The molecule has 6 heteroatoms. The predicted molar refractivity (Wildman–Crippen MR) is 604 cm³/mol. The SMILES string of the molecule is c1ccc(-n2c3ccccc3c3c(-c4cccc5c4c4ccccc4n5-c4cccc5ccccc45)cccc32)cc1.c1ccc(-n2c3ccccc3c3ccc(-c4ccc5c6ccccc6n(-c6c7ccccc7cc7ccccc67)c5c4)cc32)cc1.c1ccc2c(-n3c4ccccc4c4ccc(-c5ccc6c7ccccc7n(-c7c8ccccc8cc8ccccc78)c6c5)cc43)c3ccccc3cc2c1. The highest BCUT2D eigenvalue weighted by molar-refractivity contribution is 6.25. The van der Waals surface area contributed by atoms with Gasteiger partial charge in [0.25, 0.3) is 0 Å². The van der Waals surface area contributed by atoms with Gasteiger partial charge < -0.3 is 27.4 Å². The quantitative estimate of drug-likeness (QED) is 0.129. The van der Waals surface area contributed by atoms with Crippen LogP contribution in [0.15, 0.2) is 522 Å². The van der Waals surface area contributed by atoms with E-state index in [1.807, 2.05) is 0 Å². The number of para-hydroxylation sites is 8. The Bertz CT molecular complexity index is 10300. The average Bonchev–Trinajstić information content (AvgIpc) is 1.53. The Morgan fingerprint density at radius 3 is 0.669 bits per heavy atom.